The molecule has 0 fully saturated rings. The predicted octanol–water partition coefficient (Wildman–Crippen LogP) is -0.924. The van der Waals surface area contributed by atoms with Crippen LogP contribution in [0.2, 0.25) is 0 Å². The second kappa shape index (κ2) is 18.1. The van der Waals surface area contributed by atoms with E-state index in [1.165, 1.54) is 0 Å². The van der Waals surface area contributed by atoms with E-state index in [-0.39, 0.29) is 76.7 Å². The quantitative estimate of drug-likeness (QED) is 0.454. The largest absolute Gasteiger partial charge is 0.316 e. The van der Waals surface area contributed by atoms with Gasteiger partial charge in [0.15, 0.2) is 0 Å². The van der Waals surface area contributed by atoms with Gasteiger partial charge in [0.05, 0.1) is 0 Å². The normalized spacial score (nSPS) is 0. The van der Waals surface area contributed by atoms with Gasteiger partial charge in [-0.15, -0.1) is 0 Å². The predicted molar refractivity (Wildman–Crippen MR) is 8.54 cm³/mol. The molecule has 0 aliphatic carbocycles. The summed E-state index contributed by atoms with van der Waals surface area (Å²) in [5.41, 5.74) is 0. The first-order valence-electron chi connectivity index (χ1n) is 0. The third kappa shape index (κ3) is 8.83. The van der Waals surface area contributed by atoms with Gasteiger partial charge in [0.1, 0.15) is 0 Å². The van der Waals surface area contributed by atoms with Crippen molar-refractivity contribution in [3.05, 3.63) is 0 Å². The molecule has 0 aromatic rings. The first-order valence-corrected chi connectivity index (χ1v) is 0. The topological polar surface area (TPSA) is 0 Å². The molecule has 4 heavy (non-hydrogen) atoms. The SMILES string of the molecule is [Cu].[Fe].[MgH2].[Zn]. The molecule has 0 aliphatic rings. The minimum absolute atomic E-state index is 0. The molecule has 0 amide bonds. The fraction of sp³-hybridized carbons (Fsp3) is 0. The van der Waals surface area contributed by atoms with Crippen molar-refractivity contribution >= 4 is 23.1 Å². The van der Waals surface area contributed by atoms with E-state index in [0.29, 0.717) is 0 Å². The molecule has 0 unspecified atom stereocenters. The zero-order valence-corrected chi connectivity index (χ0v) is 6.38. The summed E-state index contributed by atoms with van der Waals surface area (Å²) < 4.78 is 0. The van der Waals surface area contributed by atoms with Crippen LogP contribution in [0, 0.1) is 0 Å². The van der Waals surface area contributed by atoms with Gasteiger partial charge >= 0.3 is 23.1 Å². The zero-order chi connectivity index (χ0) is 0. The minimum Gasteiger partial charge on any atom is 0 e. The smallest absolute Gasteiger partial charge is 0 e. The van der Waals surface area contributed by atoms with E-state index in [9.17, 15) is 0 Å². The monoisotopic (exact) mass is 209 g/mol. The van der Waals surface area contributed by atoms with Crippen LogP contribution in [0.5, 0.6) is 0 Å². The van der Waals surface area contributed by atoms with Crippen molar-refractivity contribution in [2.45, 2.75) is 0 Å². The molecule has 0 bridgehead atoms. The first kappa shape index (κ1) is 32.1. The summed E-state index contributed by atoms with van der Waals surface area (Å²) in [6.45, 7) is 0. The van der Waals surface area contributed by atoms with Crippen molar-refractivity contribution in [1.29, 1.82) is 0 Å². The molecule has 0 heterocycles. The van der Waals surface area contributed by atoms with Gasteiger partial charge in [-0.1, -0.05) is 0 Å². The summed E-state index contributed by atoms with van der Waals surface area (Å²) in [5.74, 6) is 0. The van der Waals surface area contributed by atoms with Crippen LogP contribution in [0.15, 0.2) is 0 Å². The number of hydrogen-bond acceptors (Lipinski definition) is 0. The molecule has 0 aromatic carbocycles. The van der Waals surface area contributed by atoms with Gasteiger partial charge < -0.3 is 0 Å². The Bertz CT molecular complexity index is 8.00. The fourth-order valence-electron chi connectivity index (χ4n) is 0. The fourth-order valence-corrected chi connectivity index (χ4v) is 0. The van der Waals surface area contributed by atoms with Crippen LogP contribution >= 0.6 is 0 Å². The Morgan fingerprint density at radius 2 is 1.00 bits per heavy atom. The van der Waals surface area contributed by atoms with Crippen molar-refractivity contribution in [3.8, 4) is 0 Å². The second-order valence-electron chi connectivity index (χ2n) is 0. The molecule has 0 atom stereocenters. The average Bonchev–Trinajstić information content (AvgIpc) is 0. The summed E-state index contributed by atoms with van der Waals surface area (Å²) in [7, 11) is 0. The standard InChI is InChI=1S/Cu.Fe.Mg.Zn.2H. The molecule has 0 nitrogen and oxygen atoms in total. The molecule has 0 saturated carbocycles. The number of rotatable bonds is 0. The average molecular weight is 211 g/mol. The molecule has 0 saturated heterocycles. The molecule has 25 valence electrons. The van der Waals surface area contributed by atoms with Crippen molar-refractivity contribution < 1.29 is 53.6 Å². The summed E-state index contributed by atoms with van der Waals surface area (Å²) >= 11 is 0. The van der Waals surface area contributed by atoms with Crippen molar-refractivity contribution in [2.75, 3.05) is 0 Å². The van der Waals surface area contributed by atoms with E-state index in [2.05, 4.69) is 0 Å². The second-order valence-corrected chi connectivity index (χ2v) is 0. The minimum atomic E-state index is 0. The van der Waals surface area contributed by atoms with Gasteiger partial charge in [0.2, 0.25) is 0 Å². The van der Waals surface area contributed by atoms with Gasteiger partial charge in [0, 0.05) is 53.6 Å². The van der Waals surface area contributed by atoms with Gasteiger partial charge in [-0.05, 0) is 0 Å². The molecule has 0 aliphatic heterocycles. The van der Waals surface area contributed by atoms with Crippen LogP contribution in [-0.2, 0) is 53.6 Å². The Morgan fingerprint density at radius 1 is 1.00 bits per heavy atom. The van der Waals surface area contributed by atoms with Crippen LogP contribution in [0.3, 0.4) is 0 Å². The van der Waals surface area contributed by atoms with E-state index in [1.54, 1.807) is 0 Å². The molecular formula is H2CuFeMgZn. The van der Waals surface area contributed by atoms with E-state index in [0.717, 1.165) is 0 Å². The van der Waals surface area contributed by atoms with Crippen LogP contribution in [0.1, 0.15) is 0 Å². The third-order valence-corrected chi connectivity index (χ3v) is 0. The Morgan fingerprint density at radius 3 is 1.00 bits per heavy atom. The molecular weight excluding hydrogens is 209 g/mol. The molecule has 1 radical (unpaired) electrons. The van der Waals surface area contributed by atoms with Gasteiger partial charge in [-0.3, -0.25) is 0 Å². The maximum absolute atomic E-state index is 0. The molecule has 4 heteroatoms. The maximum atomic E-state index is 0. The zero-order valence-electron chi connectivity index (χ0n) is 1.36. The molecule has 0 N–H and O–H groups in total. The van der Waals surface area contributed by atoms with Gasteiger partial charge in [-0.25, -0.2) is 0 Å². The summed E-state index contributed by atoms with van der Waals surface area (Å²) in [6, 6.07) is 0. The Kier molecular flexibility index (Phi) is 145. The molecule has 0 aromatic heterocycles. The van der Waals surface area contributed by atoms with E-state index >= 15 is 0 Å². The molecule has 0 spiro atoms. The van der Waals surface area contributed by atoms with E-state index in [4.69, 9.17) is 0 Å². The van der Waals surface area contributed by atoms with Crippen LogP contribution in [0.4, 0.5) is 0 Å². The summed E-state index contributed by atoms with van der Waals surface area (Å²) in [4.78, 5) is 0. The van der Waals surface area contributed by atoms with Crippen molar-refractivity contribution in [2.24, 2.45) is 0 Å². The Labute approximate surface area is 75.7 Å². The summed E-state index contributed by atoms with van der Waals surface area (Å²) in [5, 5.41) is 0. The molecule has 0 rings (SSSR count). The Balaban J connectivity index is 0. The number of hydrogen-bond donors (Lipinski definition) is 0. The van der Waals surface area contributed by atoms with Crippen LogP contribution < -0.4 is 0 Å². The first-order chi connectivity index (χ1) is 0. The van der Waals surface area contributed by atoms with Crippen LogP contribution in [0.25, 0.3) is 0 Å². The summed E-state index contributed by atoms with van der Waals surface area (Å²) in [6.07, 6.45) is 0. The van der Waals surface area contributed by atoms with Gasteiger partial charge in [0.25, 0.3) is 0 Å². The third-order valence-electron chi connectivity index (χ3n) is 0. The van der Waals surface area contributed by atoms with Crippen molar-refractivity contribution in [3.63, 3.8) is 0 Å². The Hall–Kier alpha value is 2.43. The van der Waals surface area contributed by atoms with E-state index in [1.807, 2.05) is 0 Å². The van der Waals surface area contributed by atoms with Crippen LogP contribution in [-0.4, -0.2) is 23.1 Å². The van der Waals surface area contributed by atoms with Gasteiger partial charge in [-0.2, -0.15) is 0 Å². The van der Waals surface area contributed by atoms with Crippen molar-refractivity contribution in [1.82, 2.24) is 0 Å². The van der Waals surface area contributed by atoms with E-state index < -0.39 is 0 Å². The maximum Gasteiger partial charge on any atom is 0.316 e.